The highest BCUT2D eigenvalue weighted by Gasteiger charge is 2.13. The zero-order valence-corrected chi connectivity index (χ0v) is 11.7. The van der Waals surface area contributed by atoms with Crippen LogP contribution in [0.25, 0.3) is 0 Å². The second-order valence-electron chi connectivity index (χ2n) is 4.77. The Morgan fingerprint density at radius 1 is 1.28 bits per heavy atom. The van der Waals surface area contributed by atoms with E-state index in [2.05, 4.69) is 17.6 Å². The summed E-state index contributed by atoms with van der Waals surface area (Å²) in [6, 6.07) is -0.0491. The van der Waals surface area contributed by atoms with Gasteiger partial charge in [-0.15, -0.1) is 0 Å². The third-order valence-electron chi connectivity index (χ3n) is 2.96. The number of urea groups is 1. The zero-order chi connectivity index (χ0) is 14.0. The Hall–Kier alpha value is -1.26. The van der Waals surface area contributed by atoms with Gasteiger partial charge in [-0.3, -0.25) is 4.79 Å². The maximum absolute atomic E-state index is 11.6. The molecule has 0 aromatic rings. The maximum atomic E-state index is 11.6. The standard InChI is InChI=1S/C13H26N2O3/c1-4-6-7-10(3)15-13(18)14-9-11(5-2)8-12(16)17/h10-11H,4-9H2,1-3H3,(H,16,17)(H2,14,15,18). The van der Waals surface area contributed by atoms with Crippen LogP contribution in [0.3, 0.4) is 0 Å². The Balaban J connectivity index is 3.83. The minimum absolute atomic E-state index is 0.000743. The van der Waals surface area contributed by atoms with Crippen molar-refractivity contribution in [2.75, 3.05) is 6.54 Å². The molecule has 0 aliphatic rings. The number of hydrogen-bond donors (Lipinski definition) is 3. The Kier molecular flexibility index (Phi) is 9.06. The summed E-state index contributed by atoms with van der Waals surface area (Å²) in [6.45, 7) is 6.43. The molecule has 0 rings (SSSR count). The molecule has 0 heterocycles. The monoisotopic (exact) mass is 258 g/mol. The molecule has 5 heteroatoms. The van der Waals surface area contributed by atoms with Crippen LogP contribution in [0.4, 0.5) is 4.79 Å². The van der Waals surface area contributed by atoms with Crippen LogP contribution < -0.4 is 10.6 Å². The molecule has 0 radical (unpaired) electrons. The minimum Gasteiger partial charge on any atom is -0.481 e. The second-order valence-corrected chi connectivity index (χ2v) is 4.77. The number of hydrogen-bond acceptors (Lipinski definition) is 2. The molecule has 0 aliphatic carbocycles. The molecule has 2 atom stereocenters. The molecule has 0 fully saturated rings. The number of rotatable bonds is 9. The number of carboxylic acid groups (broad SMARTS) is 1. The Labute approximate surface area is 109 Å². The Morgan fingerprint density at radius 2 is 1.94 bits per heavy atom. The van der Waals surface area contributed by atoms with E-state index in [-0.39, 0.29) is 24.4 Å². The molecular weight excluding hydrogens is 232 g/mol. The first-order valence-electron chi connectivity index (χ1n) is 6.75. The third-order valence-corrected chi connectivity index (χ3v) is 2.96. The van der Waals surface area contributed by atoms with Crippen molar-refractivity contribution >= 4 is 12.0 Å². The molecule has 0 spiro atoms. The van der Waals surface area contributed by atoms with Gasteiger partial charge in [0.15, 0.2) is 0 Å². The van der Waals surface area contributed by atoms with E-state index in [1.54, 1.807) is 0 Å². The predicted molar refractivity (Wildman–Crippen MR) is 71.6 cm³/mol. The summed E-state index contributed by atoms with van der Waals surface area (Å²) in [7, 11) is 0. The molecule has 0 aliphatic heterocycles. The lowest BCUT2D eigenvalue weighted by atomic mass is 10.0. The van der Waals surface area contributed by atoms with Gasteiger partial charge in [0.05, 0.1) is 0 Å². The summed E-state index contributed by atoms with van der Waals surface area (Å²) in [5, 5.41) is 14.3. The van der Waals surface area contributed by atoms with Crippen molar-refractivity contribution in [3.05, 3.63) is 0 Å². The predicted octanol–water partition coefficient (Wildman–Crippen LogP) is 2.37. The van der Waals surface area contributed by atoms with Gasteiger partial charge in [0.2, 0.25) is 0 Å². The van der Waals surface area contributed by atoms with E-state index < -0.39 is 5.97 Å². The van der Waals surface area contributed by atoms with Crippen LogP contribution >= 0.6 is 0 Å². The summed E-state index contributed by atoms with van der Waals surface area (Å²) in [6.07, 6.45) is 4.03. The molecule has 2 unspecified atom stereocenters. The number of aliphatic carboxylic acids is 1. The number of unbranched alkanes of at least 4 members (excludes halogenated alkanes) is 1. The second kappa shape index (κ2) is 9.74. The largest absolute Gasteiger partial charge is 0.481 e. The molecular formula is C13H26N2O3. The Morgan fingerprint density at radius 3 is 2.44 bits per heavy atom. The highest BCUT2D eigenvalue weighted by Crippen LogP contribution is 2.06. The van der Waals surface area contributed by atoms with Crippen molar-refractivity contribution in [2.45, 2.75) is 58.9 Å². The molecule has 5 nitrogen and oxygen atoms in total. The van der Waals surface area contributed by atoms with Crippen LogP contribution in [0.5, 0.6) is 0 Å². The van der Waals surface area contributed by atoms with E-state index in [1.165, 1.54) is 0 Å². The maximum Gasteiger partial charge on any atom is 0.315 e. The van der Waals surface area contributed by atoms with E-state index >= 15 is 0 Å². The average molecular weight is 258 g/mol. The molecule has 106 valence electrons. The van der Waals surface area contributed by atoms with Crippen LogP contribution in [-0.2, 0) is 4.79 Å². The highest BCUT2D eigenvalue weighted by molar-refractivity contribution is 5.74. The summed E-state index contributed by atoms with van der Waals surface area (Å²) in [5.41, 5.74) is 0. The minimum atomic E-state index is -0.819. The van der Waals surface area contributed by atoms with E-state index in [4.69, 9.17) is 5.11 Å². The number of carbonyl (C=O) groups excluding carboxylic acids is 1. The van der Waals surface area contributed by atoms with Gasteiger partial charge < -0.3 is 15.7 Å². The van der Waals surface area contributed by atoms with Crippen molar-refractivity contribution in [1.82, 2.24) is 10.6 Å². The van der Waals surface area contributed by atoms with Gasteiger partial charge in [0.25, 0.3) is 0 Å². The Bertz CT molecular complexity index is 257. The lowest BCUT2D eigenvalue weighted by Crippen LogP contribution is -2.42. The quantitative estimate of drug-likeness (QED) is 0.594. The summed E-state index contributed by atoms with van der Waals surface area (Å²) >= 11 is 0. The van der Waals surface area contributed by atoms with Crippen molar-refractivity contribution in [2.24, 2.45) is 5.92 Å². The number of nitrogens with one attached hydrogen (secondary N) is 2. The van der Waals surface area contributed by atoms with Gasteiger partial charge in [-0.05, 0) is 19.3 Å². The molecule has 0 saturated carbocycles. The summed E-state index contributed by atoms with van der Waals surface area (Å²) in [4.78, 5) is 22.1. The van der Waals surface area contributed by atoms with Crippen molar-refractivity contribution in [3.63, 3.8) is 0 Å². The fourth-order valence-electron chi connectivity index (χ4n) is 1.70. The van der Waals surface area contributed by atoms with E-state index in [1.807, 2.05) is 13.8 Å². The molecule has 3 N–H and O–H groups in total. The lowest BCUT2D eigenvalue weighted by molar-refractivity contribution is -0.138. The molecule has 0 bridgehead atoms. The molecule has 18 heavy (non-hydrogen) atoms. The summed E-state index contributed by atoms with van der Waals surface area (Å²) in [5.74, 6) is -0.820. The van der Waals surface area contributed by atoms with Crippen LogP contribution in [0, 0.1) is 5.92 Å². The van der Waals surface area contributed by atoms with Crippen molar-refractivity contribution < 1.29 is 14.7 Å². The van der Waals surface area contributed by atoms with Gasteiger partial charge >= 0.3 is 12.0 Å². The first kappa shape index (κ1) is 16.7. The first-order chi connectivity index (χ1) is 8.49. The molecule has 0 aromatic heterocycles. The number of carboxylic acids is 1. The topological polar surface area (TPSA) is 78.4 Å². The van der Waals surface area contributed by atoms with Gasteiger partial charge in [0.1, 0.15) is 0 Å². The van der Waals surface area contributed by atoms with E-state index in [0.29, 0.717) is 6.54 Å². The fraction of sp³-hybridized carbons (Fsp3) is 0.846. The van der Waals surface area contributed by atoms with Crippen LogP contribution in [-0.4, -0.2) is 29.7 Å². The zero-order valence-electron chi connectivity index (χ0n) is 11.7. The fourth-order valence-corrected chi connectivity index (χ4v) is 1.70. The van der Waals surface area contributed by atoms with Crippen LogP contribution in [0.2, 0.25) is 0 Å². The smallest absolute Gasteiger partial charge is 0.315 e. The van der Waals surface area contributed by atoms with Crippen LogP contribution in [0.15, 0.2) is 0 Å². The molecule has 0 saturated heterocycles. The summed E-state index contributed by atoms with van der Waals surface area (Å²) < 4.78 is 0. The van der Waals surface area contributed by atoms with E-state index in [9.17, 15) is 9.59 Å². The van der Waals surface area contributed by atoms with Gasteiger partial charge in [0, 0.05) is 19.0 Å². The van der Waals surface area contributed by atoms with Gasteiger partial charge in [-0.1, -0.05) is 33.1 Å². The molecule has 0 aromatic carbocycles. The lowest BCUT2D eigenvalue weighted by Gasteiger charge is -2.17. The van der Waals surface area contributed by atoms with Crippen LogP contribution in [0.1, 0.15) is 52.9 Å². The highest BCUT2D eigenvalue weighted by atomic mass is 16.4. The molecule has 2 amide bonds. The number of carbonyl (C=O) groups is 2. The van der Waals surface area contributed by atoms with Crippen molar-refractivity contribution in [3.8, 4) is 0 Å². The first-order valence-corrected chi connectivity index (χ1v) is 6.75. The van der Waals surface area contributed by atoms with Gasteiger partial charge in [-0.25, -0.2) is 4.79 Å². The van der Waals surface area contributed by atoms with E-state index in [0.717, 1.165) is 25.7 Å². The third kappa shape index (κ3) is 8.84. The van der Waals surface area contributed by atoms with Crippen molar-refractivity contribution in [1.29, 1.82) is 0 Å². The number of amides is 2. The van der Waals surface area contributed by atoms with Gasteiger partial charge in [-0.2, -0.15) is 0 Å². The average Bonchev–Trinajstić information content (AvgIpc) is 2.31. The SMILES string of the molecule is CCCCC(C)NC(=O)NCC(CC)CC(=O)O. The normalized spacial score (nSPS) is 13.7.